The Morgan fingerprint density at radius 3 is 2.58 bits per heavy atom. The van der Waals surface area contributed by atoms with Crippen molar-refractivity contribution in [2.75, 3.05) is 33.2 Å². The molecule has 0 spiro atoms. The summed E-state index contributed by atoms with van der Waals surface area (Å²) in [5.41, 5.74) is 5.40. The molecule has 0 atom stereocenters. The Labute approximate surface area is 150 Å². The Bertz CT molecular complexity index is 474. The van der Waals surface area contributed by atoms with Crippen molar-refractivity contribution in [1.82, 2.24) is 14.2 Å². The summed E-state index contributed by atoms with van der Waals surface area (Å²) in [7, 11) is 2.17. The lowest BCUT2D eigenvalue weighted by molar-refractivity contribution is 0.140. The van der Waals surface area contributed by atoms with Crippen molar-refractivity contribution in [3.63, 3.8) is 0 Å². The molecule has 1 heterocycles. The molecular formula is C18H31N5S. The van der Waals surface area contributed by atoms with Gasteiger partial charge >= 0.3 is 0 Å². The molecule has 1 aromatic carbocycles. The highest BCUT2D eigenvalue weighted by molar-refractivity contribution is 7.97. The van der Waals surface area contributed by atoms with E-state index in [1.54, 1.807) is 11.2 Å². The van der Waals surface area contributed by atoms with Crippen molar-refractivity contribution in [3.8, 4) is 0 Å². The number of unbranched alkanes of at least 4 members (excludes halogenated alkanes) is 1. The summed E-state index contributed by atoms with van der Waals surface area (Å²) in [4.78, 5) is 3.86. The summed E-state index contributed by atoms with van der Waals surface area (Å²) in [6.07, 6.45) is 7.99. The van der Waals surface area contributed by atoms with Crippen molar-refractivity contribution >= 4 is 11.9 Å². The number of likely N-dealkylation sites (tertiary alicyclic amines) is 1. The van der Waals surface area contributed by atoms with Gasteiger partial charge in [-0.3, -0.25) is 0 Å². The SMILES string of the molecule is CN(CCCCN1CCC(N(N)/C=C\N)CC1)Sc1ccccc1. The summed E-state index contributed by atoms with van der Waals surface area (Å²) in [5.74, 6) is 5.96. The summed E-state index contributed by atoms with van der Waals surface area (Å²) in [5, 5.41) is 1.76. The van der Waals surface area contributed by atoms with Crippen LogP contribution in [0.15, 0.2) is 47.6 Å². The molecule has 0 aromatic heterocycles. The minimum absolute atomic E-state index is 0.425. The summed E-state index contributed by atoms with van der Waals surface area (Å²) in [6.45, 7) is 4.57. The molecule has 1 aromatic rings. The first-order valence-corrected chi connectivity index (χ1v) is 9.54. The predicted octanol–water partition coefficient (Wildman–Crippen LogP) is 2.48. The first-order chi connectivity index (χ1) is 11.7. The minimum Gasteiger partial charge on any atom is -0.403 e. The zero-order valence-electron chi connectivity index (χ0n) is 14.7. The highest BCUT2D eigenvalue weighted by Gasteiger charge is 2.21. The van der Waals surface area contributed by atoms with Gasteiger partial charge in [0.2, 0.25) is 0 Å². The first kappa shape index (κ1) is 19.1. The number of rotatable bonds is 9. The van der Waals surface area contributed by atoms with Crippen LogP contribution < -0.4 is 11.6 Å². The van der Waals surface area contributed by atoms with E-state index in [4.69, 9.17) is 11.6 Å². The molecule has 24 heavy (non-hydrogen) atoms. The van der Waals surface area contributed by atoms with Crippen molar-refractivity contribution in [1.29, 1.82) is 0 Å². The lowest BCUT2D eigenvalue weighted by atomic mass is 10.0. The third-order valence-electron chi connectivity index (χ3n) is 4.44. The van der Waals surface area contributed by atoms with Gasteiger partial charge in [0.05, 0.1) is 0 Å². The molecule has 0 bridgehead atoms. The van der Waals surface area contributed by atoms with Crippen LogP contribution in [0.25, 0.3) is 0 Å². The Kier molecular flexibility index (Phi) is 8.45. The van der Waals surface area contributed by atoms with Crippen LogP contribution in [0.3, 0.4) is 0 Å². The van der Waals surface area contributed by atoms with Crippen molar-refractivity contribution in [2.24, 2.45) is 11.6 Å². The largest absolute Gasteiger partial charge is 0.403 e. The van der Waals surface area contributed by atoms with Crippen LogP contribution in [-0.2, 0) is 0 Å². The maximum absolute atomic E-state index is 5.96. The smallest absolute Gasteiger partial charge is 0.0470 e. The van der Waals surface area contributed by atoms with E-state index < -0.39 is 0 Å². The quantitative estimate of drug-likeness (QED) is 0.309. The van der Waals surface area contributed by atoms with Crippen molar-refractivity contribution in [3.05, 3.63) is 42.7 Å². The zero-order valence-corrected chi connectivity index (χ0v) is 15.5. The van der Waals surface area contributed by atoms with Crippen LogP contribution in [0.4, 0.5) is 0 Å². The van der Waals surface area contributed by atoms with E-state index in [9.17, 15) is 0 Å². The fourth-order valence-corrected chi connectivity index (χ4v) is 3.90. The van der Waals surface area contributed by atoms with Crippen LogP contribution in [-0.4, -0.2) is 53.5 Å². The molecule has 0 amide bonds. The van der Waals surface area contributed by atoms with Gasteiger partial charge in [-0.2, -0.15) is 0 Å². The molecule has 1 fully saturated rings. The zero-order chi connectivity index (χ0) is 17.2. The fraction of sp³-hybridized carbons (Fsp3) is 0.556. The summed E-state index contributed by atoms with van der Waals surface area (Å²) in [6, 6.07) is 11.0. The molecule has 1 aliphatic rings. The molecule has 1 saturated heterocycles. The molecule has 6 heteroatoms. The number of nitrogens with two attached hydrogens (primary N) is 2. The molecule has 0 radical (unpaired) electrons. The third kappa shape index (κ3) is 6.73. The van der Waals surface area contributed by atoms with Gasteiger partial charge in [0.1, 0.15) is 0 Å². The maximum Gasteiger partial charge on any atom is 0.0470 e. The topological polar surface area (TPSA) is 61.8 Å². The van der Waals surface area contributed by atoms with Gasteiger partial charge in [-0.15, -0.1) is 0 Å². The molecule has 4 N–H and O–H groups in total. The predicted molar refractivity (Wildman–Crippen MR) is 103 cm³/mol. The number of nitrogens with zero attached hydrogens (tertiary/aromatic N) is 3. The van der Waals surface area contributed by atoms with E-state index in [-0.39, 0.29) is 0 Å². The van der Waals surface area contributed by atoms with Gasteiger partial charge in [0.25, 0.3) is 0 Å². The fourth-order valence-electron chi connectivity index (χ4n) is 3.04. The Morgan fingerprint density at radius 2 is 1.92 bits per heavy atom. The lowest BCUT2D eigenvalue weighted by Gasteiger charge is -2.35. The molecule has 5 nitrogen and oxygen atoms in total. The van der Waals surface area contributed by atoms with E-state index in [2.05, 4.69) is 46.6 Å². The normalized spacial score (nSPS) is 17.0. The van der Waals surface area contributed by atoms with Gasteiger partial charge in [-0.25, -0.2) is 10.1 Å². The van der Waals surface area contributed by atoms with Crippen LogP contribution in [0.1, 0.15) is 25.7 Å². The van der Waals surface area contributed by atoms with Crippen LogP contribution in [0.5, 0.6) is 0 Å². The molecule has 1 aliphatic heterocycles. The Balaban J connectivity index is 1.55. The number of hydrogen-bond donors (Lipinski definition) is 2. The summed E-state index contributed by atoms with van der Waals surface area (Å²) < 4.78 is 2.33. The maximum atomic E-state index is 5.96. The van der Waals surface area contributed by atoms with Crippen LogP contribution in [0, 0.1) is 0 Å². The lowest BCUT2D eigenvalue weighted by Crippen LogP contribution is -2.45. The average molecular weight is 350 g/mol. The second-order valence-electron chi connectivity index (χ2n) is 6.32. The Hall–Kier alpha value is -1.21. The second kappa shape index (κ2) is 10.6. The minimum atomic E-state index is 0.425. The first-order valence-electron chi connectivity index (χ1n) is 8.77. The molecule has 0 unspecified atom stereocenters. The van der Waals surface area contributed by atoms with E-state index in [1.165, 1.54) is 30.5 Å². The number of piperidine rings is 1. The number of benzene rings is 1. The molecule has 0 saturated carbocycles. The standard InChI is InChI=1S/C18H31N5S/c1-21(24-18-7-3-2-4-8-18)12-5-6-13-22-14-9-17(10-15-22)23(20)16-11-19/h2-4,7-8,11,16-17H,5-6,9-10,12-15,19-20H2,1H3/b16-11-. The van der Waals surface area contributed by atoms with Gasteiger partial charge < -0.3 is 15.6 Å². The monoisotopic (exact) mass is 349 g/mol. The van der Waals surface area contributed by atoms with Crippen LogP contribution >= 0.6 is 11.9 Å². The van der Waals surface area contributed by atoms with E-state index in [1.807, 2.05) is 11.9 Å². The number of hydrazine groups is 1. The number of hydrogen-bond acceptors (Lipinski definition) is 6. The van der Waals surface area contributed by atoms with Gasteiger partial charge in [0.15, 0.2) is 0 Å². The average Bonchev–Trinajstić information content (AvgIpc) is 2.60. The van der Waals surface area contributed by atoms with E-state index in [0.29, 0.717) is 6.04 Å². The van der Waals surface area contributed by atoms with Gasteiger partial charge in [-0.05, 0) is 63.4 Å². The second-order valence-corrected chi connectivity index (χ2v) is 7.60. The highest BCUT2D eigenvalue weighted by atomic mass is 32.2. The summed E-state index contributed by atoms with van der Waals surface area (Å²) >= 11 is 1.82. The van der Waals surface area contributed by atoms with Crippen molar-refractivity contribution < 1.29 is 0 Å². The van der Waals surface area contributed by atoms with Crippen molar-refractivity contribution in [2.45, 2.75) is 36.6 Å². The van der Waals surface area contributed by atoms with Gasteiger partial charge in [0, 0.05) is 43.0 Å². The highest BCUT2D eigenvalue weighted by Crippen LogP contribution is 2.21. The molecule has 0 aliphatic carbocycles. The van der Waals surface area contributed by atoms with E-state index >= 15 is 0 Å². The van der Waals surface area contributed by atoms with Crippen LogP contribution in [0.2, 0.25) is 0 Å². The molecule has 2 rings (SSSR count). The van der Waals surface area contributed by atoms with Gasteiger partial charge in [-0.1, -0.05) is 18.2 Å². The Morgan fingerprint density at radius 1 is 1.21 bits per heavy atom. The molecule has 134 valence electrons. The molecular weight excluding hydrogens is 318 g/mol. The van der Waals surface area contributed by atoms with E-state index in [0.717, 1.165) is 32.5 Å². The third-order valence-corrected chi connectivity index (χ3v) is 5.42.